The number of aromatic amines is 1. The van der Waals surface area contributed by atoms with Crippen LogP contribution in [0.3, 0.4) is 0 Å². The Labute approximate surface area is 74.2 Å². The predicted molar refractivity (Wildman–Crippen MR) is 48.7 cm³/mol. The van der Waals surface area contributed by atoms with Gasteiger partial charge in [-0.25, -0.2) is 4.98 Å². The Balaban J connectivity index is 2.81. The summed E-state index contributed by atoms with van der Waals surface area (Å²) in [6, 6.07) is 3.50. The molecular weight excluding hydrogens is 172 g/mol. The predicted octanol–water partition coefficient (Wildman–Crippen LogP) is 1.66. The van der Waals surface area contributed by atoms with Gasteiger partial charge in [0.2, 0.25) is 0 Å². The Kier molecular flexibility index (Phi) is 1.62. The molecule has 60 valence electrons. The zero-order valence-corrected chi connectivity index (χ0v) is 7.01. The number of benzene rings is 1. The number of fused-ring (bicyclic) bond motifs is 1. The molecule has 3 nitrogen and oxygen atoms in total. The number of rotatable bonds is 1. The molecule has 1 N–H and O–H groups in total. The van der Waals surface area contributed by atoms with Crippen molar-refractivity contribution in [2.75, 3.05) is 0 Å². The van der Waals surface area contributed by atoms with E-state index in [9.17, 15) is 4.79 Å². The number of nitrogens with one attached hydrogen (secondary N) is 1. The first-order chi connectivity index (χ1) is 5.81. The maximum atomic E-state index is 10.5. The van der Waals surface area contributed by atoms with Gasteiger partial charge in [0.15, 0.2) is 6.29 Å². The summed E-state index contributed by atoms with van der Waals surface area (Å²) >= 11 is 4.14. The van der Waals surface area contributed by atoms with Crippen molar-refractivity contribution in [2.45, 2.75) is 4.90 Å². The molecule has 0 fully saturated rings. The fourth-order valence-corrected chi connectivity index (χ4v) is 1.32. The van der Waals surface area contributed by atoms with Crippen molar-refractivity contribution in [3.8, 4) is 0 Å². The molecule has 1 heterocycles. The Morgan fingerprint density at radius 1 is 1.50 bits per heavy atom. The second kappa shape index (κ2) is 2.64. The van der Waals surface area contributed by atoms with Gasteiger partial charge in [-0.05, 0) is 12.1 Å². The number of imidazole rings is 1. The van der Waals surface area contributed by atoms with E-state index >= 15 is 0 Å². The van der Waals surface area contributed by atoms with E-state index in [4.69, 9.17) is 0 Å². The second-order valence-electron chi connectivity index (χ2n) is 2.45. The van der Waals surface area contributed by atoms with Gasteiger partial charge in [0.05, 0.1) is 17.4 Å². The lowest BCUT2D eigenvalue weighted by Crippen LogP contribution is -1.82. The molecule has 0 saturated carbocycles. The lowest BCUT2D eigenvalue weighted by atomic mass is 10.2. The minimum absolute atomic E-state index is 0.579. The maximum absolute atomic E-state index is 10.5. The molecule has 4 heteroatoms. The standard InChI is InChI=1S/C8H6N2OS/c11-3-5-1-6-7(2-8(5)12)10-4-9-6/h1-4,12H,(H,9,10). The molecule has 0 aliphatic rings. The smallest absolute Gasteiger partial charge is 0.151 e. The highest BCUT2D eigenvalue weighted by Crippen LogP contribution is 2.18. The van der Waals surface area contributed by atoms with E-state index < -0.39 is 0 Å². The van der Waals surface area contributed by atoms with Crippen LogP contribution in [-0.4, -0.2) is 16.3 Å². The van der Waals surface area contributed by atoms with Crippen LogP contribution >= 0.6 is 12.6 Å². The largest absolute Gasteiger partial charge is 0.345 e. The van der Waals surface area contributed by atoms with Crippen molar-refractivity contribution < 1.29 is 4.79 Å². The normalized spacial score (nSPS) is 10.4. The fraction of sp³-hybridized carbons (Fsp3) is 0. The topological polar surface area (TPSA) is 45.8 Å². The number of nitrogens with zero attached hydrogens (tertiary/aromatic N) is 1. The molecule has 0 aliphatic heterocycles. The highest BCUT2D eigenvalue weighted by molar-refractivity contribution is 7.80. The minimum Gasteiger partial charge on any atom is -0.345 e. The van der Waals surface area contributed by atoms with E-state index in [0.717, 1.165) is 17.3 Å². The second-order valence-corrected chi connectivity index (χ2v) is 2.93. The SMILES string of the molecule is O=Cc1cc2[nH]cnc2cc1S. The summed E-state index contributed by atoms with van der Waals surface area (Å²) in [6.45, 7) is 0. The third-order valence-electron chi connectivity index (χ3n) is 1.70. The number of H-pyrrole nitrogens is 1. The third-order valence-corrected chi connectivity index (χ3v) is 2.08. The summed E-state index contributed by atoms with van der Waals surface area (Å²) in [4.78, 5) is 18.1. The number of hydrogen-bond acceptors (Lipinski definition) is 3. The number of carbonyl (C=O) groups excluding carboxylic acids is 1. The number of hydrogen-bond donors (Lipinski definition) is 2. The number of carbonyl (C=O) groups is 1. The van der Waals surface area contributed by atoms with Crippen molar-refractivity contribution in [2.24, 2.45) is 0 Å². The minimum atomic E-state index is 0.579. The van der Waals surface area contributed by atoms with E-state index in [0.29, 0.717) is 10.5 Å². The quantitative estimate of drug-likeness (QED) is 0.515. The first-order valence-corrected chi connectivity index (χ1v) is 3.87. The van der Waals surface area contributed by atoms with Gasteiger partial charge in [-0.15, -0.1) is 12.6 Å². The highest BCUT2D eigenvalue weighted by atomic mass is 32.1. The molecule has 2 rings (SSSR count). The Bertz CT molecular complexity index is 436. The van der Waals surface area contributed by atoms with E-state index in [1.165, 1.54) is 0 Å². The van der Waals surface area contributed by atoms with Gasteiger partial charge in [-0.2, -0.15) is 0 Å². The molecule has 0 aliphatic carbocycles. The van der Waals surface area contributed by atoms with Crippen molar-refractivity contribution in [1.82, 2.24) is 9.97 Å². The van der Waals surface area contributed by atoms with Gasteiger partial charge in [-0.1, -0.05) is 0 Å². The van der Waals surface area contributed by atoms with Crippen LogP contribution in [0.1, 0.15) is 10.4 Å². The summed E-state index contributed by atoms with van der Waals surface area (Å²) in [5.41, 5.74) is 2.26. The number of thiol groups is 1. The van der Waals surface area contributed by atoms with Gasteiger partial charge < -0.3 is 4.98 Å². The Morgan fingerprint density at radius 2 is 2.33 bits per heavy atom. The lowest BCUT2D eigenvalue weighted by molar-refractivity contribution is 0.112. The van der Waals surface area contributed by atoms with Crippen LogP contribution in [0.25, 0.3) is 11.0 Å². The van der Waals surface area contributed by atoms with Crippen molar-refractivity contribution in [1.29, 1.82) is 0 Å². The monoisotopic (exact) mass is 178 g/mol. The average Bonchev–Trinajstić information content (AvgIpc) is 2.49. The van der Waals surface area contributed by atoms with Crippen LogP contribution in [0, 0.1) is 0 Å². The van der Waals surface area contributed by atoms with Crippen LogP contribution in [-0.2, 0) is 0 Å². The molecule has 0 atom stereocenters. The van der Waals surface area contributed by atoms with Crippen molar-refractivity contribution >= 4 is 29.9 Å². The zero-order chi connectivity index (χ0) is 8.55. The van der Waals surface area contributed by atoms with Gasteiger partial charge >= 0.3 is 0 Å². The molecular formula is C8H6N2OS. The molecule has 0 unspecified atom stereocenters. The van der Waals surface area contributed by atoms with Crippen molar-refractivity contribution in [3.63, 3.8) is 0 Å². The molecule has 0 spiro atoms. The van der Waals surface area contributed by atoms with Crippen molar-refractivity contribution in [3.05, 3.63) is 24.0 Å². The molecule has 0 bridgehead atoms. The third kappa shape index (κ3) is 1.00. The molecule has 12 heavy (non-hydrogen) atoms. The van der Waals surface area contributed by atoms with Crippen LogP contribution in [0.2, 0.25) is 0 Å². The van der Waals surface area contributed by atoms with Gasteiger partial charge in [0.1, 0.15) is 0 Å². The lowest BCUT2D eigenvalue weighted by Gasteiger charge is -1.95. The molecule has 2 aromatic rings. The molecule has 0 saturated heterocycles. The summed E-state index contributed by atoms with van der Waals surface area (Å²) in [5, 5.41) is 0. The van der Waals surface area contributed by atoms with E-state index in [2.05, 4.69) is 22.6 Å². The first kappa shape index (κ1) is 7.36. The summed E-state index contributed by atoms with van der Waals surface area (Å²) in [7, 11) is 0. The summed E-state index contributed by atoms with van der Waals surface area (Å²) < 4.78 is 0. The number of aldehydes is 1. The molecule has 1 aromatic carbocycles. The summed E-state index contributed by atoms with van der Waals surface area (Å²) in [6.07, 6.45) is 2.37. The fourth-order valence-electron chi connectivity index (χ4n) is 1.08. The van der Waals surface area contributed by atoms with Gasteiger partial charge in [0, 0.05) is 10.5 Å². The van der Waals surface area contributed by atoms with Gasteiger partial charge in [-0.3, -0.25) is 4.79 Å². The first-order valence-electron chi connectivity index (χ1n) is 3.42. The molecule has 0 radical (unpaired) electrons. The van der Waals surface area contributed by atoms with Crippen LogP contribution in [0.15, 0.2) is 23.4 Å². The number of aromatic nitrogens is 2. The zero-order valence-electron chi connectivity index (χ0n) is 6.11. The summed E-state index contributed by atoms with van der Waals surface area (Å²) in [5.74, 6) is 0. The van der Waals surface area contributed by atoms with Gasteiger partial charge in [0.25, 0.3) is 0 Å². The van der Waals surface area contributed by atoms with E-state index in [1.54, 1.807) is 18.5 Å². The maximum Gasteiger partial charge on any atom is 0.151 e. The molecule has 1 aromatic heterocycles. The highest BCUT2D eigenvalue weighted by Gasteiger charge is 2.01. The average molecular weight is 178 g/mol. The van der Waals surface area contributed by atoms with Crippen LogP contribution in [0.4, 0.5) is 0 Å². The Hall–Kier alpha value is -1.29. The Morgan fingerprint density at radius 3 is 3.08 bits per heavy atom. The van der Waals surface area contributed by atoms with Crippen LogP contribution in [0.5, 0.6) is 0 Å². The molecule has 0 amide bonds. The van der Waals surface area contributed by atoms with Crippen LogP contribution < -0.4 is 0 Å². The van der Waals surface area contributed by atoms with E-state index in [-0.39, 0.29) is 0 Å². The van der Waals surface area contributed by atoms with E-state index in [1.807, 2.05) is 0 Å².